The summed E-state index contributed by atoms with van der Waals surface area (Å²) in [4.78, 5) is 26.0. The Morgan fingerprint density at radius 1 is 1.04 bits per heavy atom. The fraction of sp³-hybridized carbons (Fsp3) is 0.556. The second-order valence-electron chi connectivity index (χ2n) is 7.49. The van der Waals surface area contributed by atoms with Crippen LogP contribution >= 0.6 is 0 Å². The maximum Gasteiger partial charge on any atom is 0.416 e. The topological polar surface area (TPSA) is 61.4 Å². The highest BCUT2D eigenvalue weighted by atomic mass is 19.4. The first-order valence-electron chi connectivity index (χ1n) is 8.51. The monoisotopic (exact) mass is 371 g/mol. The fourth-order valence-corrected chi connectivity index (χ4v) is 2.80. The van der Waals surface area contributed by atoms with Crippen molar-refractivity contribution in [1.82, 2.24) is 10.2 Å². The molecule has 1 aromatic rings. The average Bonchev–Trinajstić information content (AvgIpc) is 2.53. The predicted octanol–water partition coefficient (Wildman–Crippen LogP) is 3.86. The van der Waals surface area contributed by atoms with Crippen molar-refractivity contribution in [2.75, 3.05) is 18.4 Å². The number of likely N-dealkylation sites (tertiary alicyclic amines) is 1. The van der Waals surface area contributed by atoms with Crippen LogP contribution in [0.1, 0.15) is 39.2 Å². The number of nitrogens with one attached hydrogen (secondary N) is 2. The number of alkyl halides is 3. The highest BCUT2D eigenvalue weighted by molar-refractivity contribution is 5.89. The van der Waals surface area contributed by atoms with Crippen molar-refractivity contribution >= 4 is 17.6 Å². The first-order valence-corrected chi connectivity index (χ1v) is 8.51. The zero-order valence-corrected chi connectivity index (χ0v) is 15.1. The molecule has 3 amide bonds. The van der Waals surface area contributed by atoms with Crippen molar-refractivity contribution in [2.45, 2.75) is 45.8 Å². The lowest BCUT2D eigenvalue weighted by Gasteiger charge is -2.35. The van der Waals surface area contributed by atoms with Crippen LogP contribution in [0.5, 0.6) is 0 Å². The summed E-state index contributed by atoms with van der Waals surface area (Å²) in [5.74, 6) is 0.0881. The van der Waals surface area contributed by atoms with Gasteiger partial charge in [0, 0.05) is 30.2 Å². The summed E-state index contributed by atoms with van der Waals surface area (Å²) in [6, 6.07) is 3.73. The molecule has 1 aliphatic heterocycles. The third-order valence-electron chi connectivity index (χ3n) is 4.23. The zero-order valence-electron chi connectivity index (χ0n) is 15.1. The van der Waals surface area contributed by atoms with E-state index in [2.05, 4.69) is 10.6 Å². The molecular weight excluding hydrogens is 347 g/mol. The van der Waals surface area contributed by atoms with Gasteiger partial charge in [-0.05, 0) is 37.1 Å². The Kier molecular flexibility index (Phi) is 5.83. The molecule has 1 aliphatic rings. The molecule has 1 saturated heterocycles. The van der Waals surface area contributed by atoms with Gasteiger partial charge >= 0.3 is 12.2 Å². The molecule has 2 N–H and O–H groups in total. The molecule has 0 atom stereocenters. The van der Waals surface area contributed by atoms with E-state index in [-0.39, 0.29) is 17.6 Å². The van der Waals surface area contributed by atoms with E-state index in [1.54, 1.807) is 4.90 Å². The first kappa shape index (κ1) is 20.1. The molecule has 0 bridgehead atoms. The van der Waals surface area contributed by atoms with Crippen LogP contribution in [-0.4, -0.2) is 36.0 Å². The van der Waals surface area contributed by atoms with Gasteiger partial charge in [0.1, 0.15) is 0 Å². The zero-order chi connectivity index (χ0) is 19.5. The lowest BCUT2D eigenvalue weighted by molar-refractivity contribution is -0.140. The Morgan fingerprint density at radius 2 is 1.58 bits per heavy atom. The molecule has 1 aromatic carbocycles. The van der Waals surface area contributed by atoms with Crippen molar-refractivity contribution < 1.29 is 22.8 Å². The normalized spacial score (nSPS) is 16.3. The molecule has 0 spiro atoms. The molecule has 0 aliphatic carbocycles. The second kappa shape index (κ2) is 7.55. The van der Waals surface area contributed by atoms with Gasteiger partial charge in [0.25, 0.3) is 0 Å². The summed E-state index contributed by atoms with van der Waals surface area (Å²) in [5.41, 5.74) is -0.907. The number of piperidine rings is 1. The summed E-state index contributed by atoms with van der Waals surface area (Å²) < 4.78 is 37.6. The van der Waals surface area contributed by atoms with E-state index >= 15 is 0 Å². The number of halogens is 3. The number of rotatable bonds is 2. The van der Waals surface area contributed by atoms with Gasteiger partial charge in [-0.15, -0.1) is 0 Å². The fourth-order valence-electron chi connectivity index (χ4n) is 2.80. The number of hydrogen-bond acceptors (Lipinski definition) is 2. The van der Waals surface area contributed by atoms with Gasteiger partial charge in [-0.25, -0.2) is 4.79 Å². The highest BCUT2D eigenvalue weighted by Crippen LogP contribution is 2.29. The summed E-state index contributed by atoms with van der Waals surface area (Å²) in [7, 11) is 0. The molecule has 2 rings (SSSR count). The number of amides is 3. The smallest absolute Gasteiger partial charge is 0.342 e. The summed E-state index contributed by atoms with van der Waals surface area (Å²) >= 11 is 0. The second-order valence-corrected chi connectivity index (χ2v) is 7.49. The molecule has 26 heavy (non-hydrogen) atoms. The molecule has 144 valence electrons. The van der Waals surface area contributed by atoms with Gasteiger partial charge in [-0.2, -0.15) is 13.2 Å². The van der Waals surface area contributed by atoms with Crippen LogP contribution in [0.4, 0.5) is 23.7 Å². The molecule has 0 unspecified atom stereocenters. The number of nitrogens with zero attached hydrogens (tertiary/aromatic N) is 1. The van der Waals surface area contributed by atoms with E-state index in [0.717, 1.165) is 12.1 Å². The average molecular weight is 371 g/mol. The van der Waals surface area contributed by atoms with E-state index in [1.807, 2.05) is 20.8 Å². The Bertz CT molecular complexity index is 643. The van der Waals surface area contributed by atoms with Crippen LogP contribution < -0.4 is 10.6 Å². The minimum atomic E-state index is -4.40. The minimum absolute atomic E-state index is 0.0755. The van der Waals surface area contributed by atoms with Gasteiger partial charge in [0.2, 0.25) is 5.91 Å². The molecule has 5 nitrogen and oxygen atoms in total. The number of carbonyl (C=O) groups excluding carboxylic acids is 2. The third-order valence-corrected chi connectivity index (χ3v) is 4.23. The van der Waals surface area contributed by atoms with Gasteiger partial charge in [-0.3, -0.25) is 4.79 Å². The maximum absolute atomic E-state index is 12.5. The van der Waals surface area contributed by atoms with Crippen LogP contribution in [0.2, 0.25) is 0 Å². The Morgan fingerprint density at radius 3 is 2.04 bits per heavy atom. The quantitative estimate of drug-likeness (QED) is 0.829. The number of hydrogen-bond donors (Lipinski definition) is 2. The summed E-state index contributed by atoms with van der Waals surface area (Å²) in [6.07, 6.45) is -3.12. The van der Waals surface area contributed by atoms with E-state index in [1.165, 1.54) is 12.1 Å². The lowest BCUT2D eigenvalue weighted by atomic mass is 9.93. The number of carbonyl (C=O) groups is 2. The summed E-state index contributed by atoms with van der Waals surface area (Å²) in [5, 5.41) is 5.33. The Balaban J connectivity index is 1.81. The molecule has 0 saturated carbocycles. The van der Waals surface area contributed by atoms with Crippen molar-refractivity contribution in [3.8, 4) is 0 Å². The van der Waals surface area contributed by atoms with Crippen LogP contribution in [-0.2, 0) is 11.0 Å². The summed E-state index contributed by atoms with van der Waals surface area (Å²) in [6.45, 7) is 6.76. The first-order chi connectivity index (χ1) is 12.0. The number of anilines is 1. The van der Waals surface area contributed by atoms with Crippen molar-refractivity contribution in [1.29, 1.82) is 0 Å². The van der Waals surface area contributed by atoms with Crippen molar-refractivity contribution in [3.63, 3.8) is 0 Å². The largest absolute Gasteiger partial charge is 0.416 e. The van der Waals surface area contributed by atoms with Crippen LogP contribution in [0.15, 0.2) is 24.3 Å². The van der Waals surface area contributed by atoms with E-state index in [4.69, 9.17) is 0 Å². The Labute approximate surface area is 150 Å². The molecular formula is C18H24F3N3O2. The molecule has 1 fully saturated rings. The van der Waals surface area contributed by atoms with Crippen LogP contribution in [0, 0.1) is 5.41 Å². The van der Waals surface area contributed by atoms with E-state index in [9.17, 15) is 22.8 Å². The van der Waals surface area contributed by atoms with E-state index < -0.39 is 23.2 Å². The lowest BCUT2D eigenvalue weighted by Crippen LogP contribution is -2.49. The molecule has 8 heteroatoms. The molecule has 1 heterocycles. The SMILES string of the molecule is CC(C)(C)C(=O)N1CCC(NC(=O)Nc2ccc(C(F)(F)F)cc2)CC1. The van der Waals surface area contributed by atoms with Gasteiger partial charge < -0.3 is 15.5 Å². The third kappa shape index (κ3) is 5.37. The van der Waals surface area contributed by atoms with Crippen molar-refractivity contribution in [3.05, 3.63) is 29.8 Å². The van der Waals surface area contributed by atoms with E-state index in [0.29, 0.717) is 25.9 Å². The van der Waals surface area contributed by atoms with Crippen molar-refractivity contribution in [2.24, 2.45) is 5.41 Å². The molecule has 0 aromatic heterocycles. The predicted molar refractivity (Wildman–Crippen MR) is 92.7 cm³/mol. The van der Waals surface area contributed by atoms with Gasteiger partial charge in [-0.1, -0.05) is 20.8 Å². The number of urea groups is 1. The van der Waals surface area contributed by atoms with Crippen LogP contribution in [0.25, 0.3) is 0 Å². The van der Waals surface area contributed by atoms with Gasteiger partial charge in [0.05, 0.1) is 5.56 Å². The highest BCUT2D eigenvalue weighted by Gasteiger charge is 2.31. The maximum atomic E-state index is 12.5. The molecule has 0 radical (unpaired) electrons. The Hall–Kier alpha value is -2.25. The van der Waals surface area contributed by atoms with Crippen LogP contribution in [0.3, 0.4) is 0 Å². The number of benzene rings is 1. The minimum Gasteiger partial charge on any atom is -0.342 e. The van der Waals surface area contributed by atoms with Gasteiger partial charge in [0.15, 0.2) is 0 Å². The standard InChI is InChI=1S/C18H24F3N3O2/c1-17(2,3)15(25)24-10-8-14(9-11-24)23-16(26)22-13-6-4-12(5-7-13)18(19,20)21/h4-7,14H,8-11H2,1-3H3,(H2,22,23,26).